The topological polar surface area (TPSA) is 512 Å². The van der Waals surface area contributed by atoms with E-state index in [1.54, 1.807) is 37.8 Å². The summed E-state index contributed by atoms with van der Waals surface area (Å²) >= 11 is 0. The number of halogens is 2. The first-order chi connectivity index (χ1) is 63.1. The van der Waals surface area contributed by atoms with Crippen molar-refractivity contribution in [1.29, 1.82) is 0 Å². The number of nitrogens with two attached hydrogens (primary N) is 1. The Kier molecular flexibility index (Phi) is 36.2. The predicted molar refractivity (Wildman–Crippen MR) is 476 cm³/mol. The number of hydrogen-bond donors (Lipinski definition) is 15. The van der Waals surface area contributed by atoms with Gasteiger partial charge >= 0.3 is 12.1 Å². The molecule has 11 rings (SSSR count). The van der Waals surface area contributed by atoms with Crippen molar-refractivity contribution in [2.24, 2.45) is 40.2 Å². The smallest absolute Gasteiger partial charge is 0.411 e. The number of hydrogen-bond acceptors (Lipinski definition) is 28. The monoisotopic (exact) mass is 1850 g/mol. The van der Waals surface area contributed by atoms with Gasteiger partial charge in [-0.15, -0.1) is 5.53 Å². The summed E-state index contributed by atoms with van der Waals surface area (Å²) in [5, 5.41) is 79.2. The molecule has 720 valence electrons. The summed E-state index contributed by atoms with van der Waals surface area (Å²) in [6, 6.07) is 24.3. The SMILES string of the molecule is CCCC1O[C@@H]2C[C@H]3[C@@H]4C[C@H](F)C5=CC(=O)C=C[C@]5(C)[C@@]4(F)[C@@H](O)C[C@]3(C)[C@]2(C(=O)COc2ccc(NC(=O)OCc3ccc(NC(=O)[C@H](CCCNC(N)=O)CC(=O)[C@@H](NC(=O)[C@@H](CCC(=O)NC[C@H](O)[C@@H](O)[C@H](O)[C@H](O)CO)NC(=O)CCOCCOCCOCCOCCCC(=O)CCC(=O)N4Cc5ccccc5C5=C(NNN5C)c5ccccc54)C(C)C)cc3)cc2)O1. The number of anilines is 3. The second-order valence-electron chi connectivity index (χ2n) is 35.2. The molecule has 3 saturated carbocycles. The number of urea groups is 1. The highest BCUT2D eigenvalue weighted by Crippen LogP contribution is 2.72. The van der Waals surface area contributed by atoms with E-state index in [2.05, 4.69) is 42.9 Å². The van der Waals surface area contributed by atoms with Crippen LogP contribution in [0.1, 0.15) is 153 Å². The Bertz CT molecular complexity index is 4820. The maximum absolute atomic E-state index is 18.0. The van der Waals surface area contributed by atoms with Crippen molar-refractivity contribution in [1.82, 2.24) is 37.2 Å². The molecular weight excluding hydrogens is 1720 g/mol. The van der Waals surface area contributed by atoms with Crippen LogP contribution in [0.25, 0.3) is 11.4 Å². The van der Waals surface area contributed by atoms with Crippen molar-refractivity contribution in [3.05, 3.63) is 143 Å². The number of carbonyl (C=O) groups excluding carboxylic acids is 11. The number of Topliss-reactive ketones (excluding diaryl/α,β-unsaturated/α-hetero) is 3. The number of nitrogens with zero attached hydrogens (tertiary/aromatic N) is 2. The number of primary amides is 1. The molecular formula is C94H125F2N11O25. The number of benzene rings is 4. The fourth-order valence-corrected chi connectivity index (χ4v) is 19.0. The van der Waals surface area contributed by atoms with Gasteiger partial charge in [0.05, 0.1) is 101 Å². The molecule has 16 N–H and O–H groups in total. The van der Waals surface area contributed by atoms with Crippen LogP contribution in [0.3, 0.4) is 0 Å². The number of alkyl halides is 2. The van der Waals surface area contributed by atoms with Crippen LogP contribution in [0.2, 0.25) is 0 Å². The zero-order chi connectivity index (χ0) is 95.2. The Morgan fingerprint density at radius 3 is 2.07 bits per heavy atom. The number of rotatable bonds is 50. The third kappa shape index (κ3) is 24.5. The van der Waals surface area contributed by atoms with Gasteiger partial charge in [-0.2, -0.15) is 0 Å². The Labute approximate surface area is 764 Å². The standard InChI is InChI=1S/C94H125F2N11O25/c1-7-14-81-131-77-48-66-67-47-69(95)68-46-62(110)33-35-91(68,4)93(67,96)75(114)49-92(66,5)94(77,132-81)76(115)54-129-63-28-25-60(26-29-63)101-90(124)130-53-56-21-23-59(24-22-56)100-87(121)57(16-12-36-98-89(97)123)45-72(111)82(55(2)3)103-88(122)70(30-31-78(116)99-50-73(112)85(119)86(120)74(113)52-108)102-79(117)34-38-126-40-42-128-44-43-127-41-39-125-37-13-17-61(109)27-32-80(118)107-51-58-15-8-9-18-64(58)84-83(104-105-106(84)6)65-19-10-11-20-71(65)107/h8-11,15,18-26,28-29,33,35,46,55,57,66-67,69-70,73-75,77,81-82,85-86,104-105,108,112-114,119-120H,7,12-14,16-17,27,30-32,34,36-45,47-54H2,1-6H3,(H,99,116)(H,100,121)(H,101,124)(H,102,117)(H,103,122)(H3,97,98,123)/t57-,66+,67+,69+,70-,73+,74-,75+,77-,81?,82+,85-,86-,91+,92+,93+,94-/m1/s1. The van der Waals surface area contributed by atoms with E-state index < -0.39 is 193 Å². The van der Waals surface area contributed by atoms with Crippen molar-refractivity contribution in [2.45, 2.75) is 217 Å². The molecule has 0 aromatic heterocycles. The van der Waals surface area contributed by atoms with Crippen LogP contribution in [0.15, 0.2) is 121 Å². The number of ketones is 4. The largest absolute Gasteiger partial charge is 0.486 e. The number of carbonyl (C=O) groups is 11. The van der Waals surface area contributed by atoms with Gasteiger partial charge in [0, 0.05) is 110 Å². The van der Waals surface area contributed by atoms with Gasteiger partial charge in [-0.1, -0.05) is 94.8 Å². The van der Waals surface area contributed by atoms with Crippen LogP contribution in [-0.4, -0.2) is 259 Å². The van der Waals surface area contributed by atoms with Crippen molar-refractivity contribution in [2.75, 3.05) is 102 Å². The minimum absolute atomic E-state index is 0.0155. The highest BCUT2D eigenvalue weighted by molar-refractivity contribution is 6.04. The van der Waals surface area contributed by atoms with E-state index in [4.69, 9.17) is 43.6 Å². The highest BCUT2D eigenvalue weighted by Gasteiger charge is 2.80. The average Bonchev–Trinajstić information content (AvgIpc) is 1.48. The molecule has 8 amide bonds. The lowest BCUT2D eigenvalue weighted by molar-refractivity contribution is -0.234. The normalized spacial score (nSPS) is 24.2. The van der Waals surface area contributed by atoms with Crippen molar-refractivity contribution < 1.29 is 130 Å². The summed E-state index contributed by atoms with van der Waals surface area (Å²) in [5.41, 5.74) is 11.2. The third-order valence-corrected chi connectivity index (χ3v) is 26.0. The van der Waals surface area contributed by atoms with Gasteiger partial charge < -0.3 is 111 Å². The fraction of sp³-hybridized carbons (Fsp3) is 0.564. The molecule has 0 spiro atoms. The number of allylic oxidation sites excluding steroid dienone is 4. The minimum Gasteiger partial charge on any atom is -0.486 e. The minimum atomic E-state index is -2.38. The van der Waals surface area contributed by atoms with Crippen LogP contribution < -0.4 is 58.2 Å². The first-order valence-electron chi connectivity index (χ1n) is 45.1. The maximum atomic E-state index is 18.0. The average molecular weight is 1850 g/mol. The number of ether oxygens (including phenoxy) is 8. The molecule has 132 heavy (non-hydrogen) atoms. The van der Waals surface area contributed by atoms with Crippen LogP contribution in [0.5, 0.6) is 5.75 Å². The second kappa shape index (κ2) is 46.9. The van der Waals surface area contributed by atoms with Crippen LogP contribution >= 0.6 is 0 Å². The quantitative estimate of drug-likeness (QED) is 0.0245. The summed E-state index contributed by atoms with van der Waals surface area (Å²) in [7, 11) is 1.92. The number of hydrazine groups is 2. The molecule has 4 aliphatic carbocycles. The van der Waals surface area contributed by atoms with Gasteiger partial charge in [0.1, 0.15) is 55.3 Å². The Morgan fingerprint density at radius 2 is 1.38 bits per heavy atom. The lowest BCUT2D eigenvalue weighted by Gasteiger charge is -2.63. The molecule has 36 nitrogen and oxygen atoms in total. The maximum Gasteiger partial charge on any atom is 0.411 e. The Balaban J connectivity index is 0.603. The number of amides is 8. The fourth-order valence-electron chi connectivity index (χ4n) is 19.0. The van der Waals surface area contributed by atoms with E-state index in [0.29, 0.717) is 43.7 Å². The van der Waals surface area contributed by atoms with E-state index in [1.165, 1.54) is 55.5 Å². The first-order valence-corrected chi connectivity index (χ1v) is 45.1. The van der Waals surface area contributed by atoms with Crippen LogP contribution in [0.4, 0.5) is 35.4 Å². The lowest BCUT2D eigenvalue weighted by Crippen LogP contribution is -2.71. The highest BCUT2D eigenvalue weighted by atomic mass is 19.1. The molecule has 4 fully saturated rings. The molecule has 1 saturated heterocycles. The first kappa shape index (κ1) is 102. The number of fused-ring (bicyclic) bond motifs is 11. The van der Waals surface area contributed by atoms with E-state index in [1.807, 2.05) is 67.5 Å². The molecule has 38 heteroatoms. The summed E-state index contributed by atoms with van der Waals surface area (Å²) in [6.45, 7) is 7.84. The third-order valence-electron chi connectivity index (χ3n) is 26.0. The number of para-hydroxylation sites is 1. The summed E-state index contributed by atoms with van der Waals surface area (Å²) in [5.74, 6) is -7.96. The van der Waals surface area contributed by atoms with Gasteiger partial charge in [-0.3, -0.25) is 53.5 Å². The summed E-state index contributed by atoms with van der Waals surface area (Å²) in [6.07, 6.45) is -9.56. The van der Waals surface area contributed by atoms with E-state index in [-0.39, 0.29) is 152 Å². The van der Waals surface area contributed by atoms with Gasteiger partial charge in [0.2, 0.25) is 35.3 Å². The number of aliphatic hydroxyl groups excluding tert-OH is 6. The van der Waals surface area contributed by atoms with E-state index in [0.717, 1.165) is 39.8 Å². The summed E-state index contributed by atoms with van der Waals surface area (Å²) in [4.78, 5) is 150. The van der Waals surface area contributed by atoms with Gasteiger partial charge in [-0.05, 0) is 141 Å². The molecule has 3 aliphatic heterocycles. The van der Waals surface area contributed by atoms with Gasteiger partial charge in [-0.25, -0.2) is 18.4 Å². The molecule has 3 heterocycles. The molecule has 0 radical (unpaired) electrons. The Hall–Kier alpha value is -10.6. The van der Waals surface area contributed by atoms with E-state index in [9.17, 15) is 83.4 Å². The summed E-state index contributed by atoms with van der Waals surface area (Å²) < 4.78 is 81.4. The van der Waals surface area contributed by atoms with Gasteiger partial charge in [0.25, 0.3) is 0 Å². The van der Waals surface area contributed by atoms with Crippen LogP contribution in [-0.2, 0) is 89.5 Å². The molecule has 4 aromatic carbocycles. The number of aliphatic hydroxyl groups is 6. The molecule has 0 bridgehead atoms. The van der Waals surface area contributed by atoms with Gasteiger partial charge in [0.15, 0.2) is 29.1 Å². The van der Waals surface area contributed by atoms with E-state index >= 15 is 8.78 Å². The predicted octanol–water partition coefficient (Wildman–Crippen LogP) is 5.43. The molecule has 4 aromatic rings. The van der Waals surface area contributed by atoms with Crippen molar-refractivity contribution >= 4 is 93.2 Å². The Morgan fingerprint density at radius 1 is 0.720 bits per heavy atom. The lowest BCUT2D eigenvalue weighted by atomic mass is 9.44. The van der Waals surface area contributed by atoms with Crippen LogP contribution in [0, 0.1) is 34.5 Å². The zero-order valence-electron chi connectivity index (χ0n) is 75.2. The molecule has 17 atom stereocenters. The second-order valence-corrected chi connectivity index (χ2v) is 35.2. The van der Waals surface area contributed by atoms with Crippen molar-refractivity contribution in [3.63, 3.8) is 0 Å². The molecule has 1 unspecified atom stereocenters. The number of nitrogens with one attached hydrogen (secondary N) is 8. The molecule has 7 aliphatic rings. The zero-order valence-corrected chi connectivity index (χ0v) is 75.2. The van der Waals surface area contributed by atoms with Crippen molar-refractivity contribution in [3.8, 4) is 5.75 Å².